The summed E-state index contributed by atoms with van der Waals surface area (Å²) in [6.45, 7) is 3.09. The van der Waals surface area contributed by atoms with Gasteiger partial charge in [-0.3, -0.25) is 14.9 Å². The Kier molecular flexibility index (Phi) is 3.85. The zero-order chi connectivity index (χ0) is 12.8. The highest BCUT2D eigenvalue weighted by Gasteiger charge is 2.08. The van der Waals surface area contributed by atoms with E-state index in [1.165, 1.54) is 6.20 Å². The predicted molar refractivity (Wildman–Crippen MR) is 66.0 cm³/mol. The third-order valence-electron chi connectivity index (χ3n) is 2.23. The standard InChI is InChI=1S/C11H14N6O/c1-2-13-10-7-12-6-9(17-10)11(18)14-3-8-4-15-16-5-8/h4-7H,2-3H2,1H3,(H,13,17)(H,14,18)(H,15,16). The van der Waals surface area contributed by atoms with Crippen LogP contribution >= 0.6 is 0 Å². The number of carbonyl (C=O) groups excluding carboxylic acids is 1. The molecular weight excluding hydrogens is 232 g/mol. The van der Waals surface area contributed by atoms with E-state index in [4.69, 9.17) is 0 Å². The highest BCUT2D eigenvalue weighted by molar-refractivity contribution is 5.92. The van der Waals surface area contributed by atoms with Gasteiger partial charge in [0.05, 0.1) is 18.6 Å². The van der Waals surface area contributed by atoms with E-state index in [0.717, 1.165) is 12.1 Å². The third kappa shape index (κ3) is 3.03. The van der Waals surface area contributed by atoms with Crippen molar-refractivity contribution in [1.29, 1.82) is 0 Å². The maximum Gasteiger partial charge on any atom is 0.271 e. The summed E-state index contributed by atoms with van der Waals surface area (Å²) < 4.78 is 0. The summed E-state index contributed by atoms with van der Waals surface area (Å²) in [5.74, 6) is 0.330. The lowest BCUT2D eigenvalue weighted by atomic mass is 10.3. The molecule has 7 nitrogen and oxygen atoms in total. The van der Waals surface area contributed by atoms with Gasteiger partial charge in [-0.15, -0.1) is 0 Å². The number of anilines is 1. The fourth-order valence-corrected chi connectivity index (χ4v) is 1.39. The van der Waals surface area contributed by atoms with E-state index in [9.17, 15) is 4.79 Å². The average molecular weight is 246 g/mol. The van der Waals surface area contributed by atoms with Crippen LogP contribution in [0.25, 0.3) is 0 Å². The molecule has 0 bridgehead atoms. The number of nitrogens with zero attached hydrogens (tertiary/aromatic N) is 3. The van der Waals surface area contributed by atoms with Gasteiger partial charge in [-0.1, -0.05) is 0 Å². The van der Waals surface area contributed by atoms with Crippen LogP contribution in [-0.4, -0.2) is 32.6 Å². The molecular formula is C11H14N6O. The first-order valence-electron chi connectivity index (χ1n) is 5.61. The van der Waals surface area contributed by atoms with Gasteiger partial charge in [0.1, 0.15) is 11.5 Å². The Morgan fingerprint density at radius 2 is 2.28 bits per heavy atom. The first-order chi connectivity index (χ1) is 8.79. The Labute approximate surface area is 104 Å². The minimum atomic E-state index is -0.261. The van der Waals surface area contributed by atoms with Crippen molar-refractivity contribution in [2.75, 3.05) is 11.9 Å². The lowest BCUT2D eigenvalue weighted by Gasteiger charge is -2.05. The van der Waals surface area contributed by atoms with Crippen LogP contribution < -0.4 is 10.6 Å². The van der Waals surface area contributed by atoms with Crippen molar-refractivity contribution >= 4 is 11.7 Å². The number of aromatic amines is 1. The van der Waals surface area contributed by atoms with E-state index in [-0.39, 0.29) is 11.6 Å². The van der Waals surface area contributed by atoms with Crippen molar-refractivity contribution in [2.45, 2.75) is 13.5 Å². The monoisotopic (exact) mass is 246 g/mol. The van der Waals surface area contributed by atoms with E-state index in [0.29, 0.717) is 12.4 Å². The molecule has 2 rings (SSSR count). The van der Waals surface area contributed by atoms with E-state index < -0.39 is 0 Å². The lowest BCUT2D eigenvalue weighted by molar-refractivity contribution is 0.0945. The minimum absolute atomic E-state index is 0.261. The Hall–Kier alpha value is -2.44. The summed E-state index contributed by atoms with van der Waals surface area (Å²) in [7, 11) is 0. The zero-order valence-electron chi connectivity index (χ0n) is 9.97. The molecule has 0 saturated carbocycles. The SMILES string of the molecule is CCNc1cncc(C(=O)NCc2cn[nH]c2)n1. The molecule has 0 unspecified atom stereocenters. The number of carbonyl (C=O) groups is 1. The van der Waals surface area contributed by atoms with Gasteiger partial charge in [-0.05, 0) is 6.92 Å². The highest BCUT2D eigenvalue weighted by Crippen LogP contribution is 2.02. The predicted octanol–water partition coefficient (Wildman–Crippen LogP) is 0.561. The zero-order valence-corrected chi connectivity index (χ0v) is 9.97. The maximum absolute atomic E-state index is 11.8. The van der Waals surface area contributed by atoms with Crippen molar-refractivity contribution in [3.8, 4) is 0 Å². The van der Waals surface area contributed by atoms with E-state index in [1.807, 2.05) is 6.92 Å². The van der Waals surface area contributed by atoms with Crippen LogP contribution in [0, 0.1) is 0 Å². The van der Waals surface area contributed by atoms with Crippen molar-refractivity contribution < 1.29 is 4.79 Å². The smallest absolute Gasteiger partial charge is 0.271 e. The van der Waals surface area contributed by atoms with Crippen molar-refractivity contribution in [3.63, 3.8) is 0 Å². The van der Waals surface area contributed by atoms with Crippen LogP contribution in [0.3, 0.4) is 0 Å². The molecule has 0 aromatic carbocycles. The minimum Gasteiger partial charge on any atom is -0.369 e. The van der Waals surface area contributed by atoms with Gasteiger partial charge in [-0.25, -0.2) is 4.98 Å². The second-order valence-corrected chi connectivity index (χ2v) is 3.61. The first kappa shape index (κ1) is 12.0. The number of nitrogens with one attached hydrogen (secondary N) is 3. The van der Waals surface area contributed by atoms with Crippen molar-refractivity contribution in [3.05, 3.63) is 36.0 Å². The number of amides is 1. The molecule has 3 N–H and O–H groups in total. The molecule has 7 heteroatoms. The molecule has 0 aliphatic carbocycles. The largest absolute Gasteiger partial charge is 0.369 e. The number of rotatable bonds is 5. The van der Waals surface area contributed by atoms with Crippen LogP contribution in [0.1, 0.15) is 23.0 Å². The van der Waals surface area contributed by atoms with Gasteiger partial charge < -0.3 is 10.6 Å². The first-order valence-corrected chi connectivity index (χ1v) is 5.61. The van der Waals surface area contributed by atoms with Gasteiger partial charge >= 0.3 is 0 Å². The molecule has 0 radical (unpaired) electrons. The molecule has 1 amide bonds. The van der Waals surface area contributed by atoms with Crippen LogP contribution in [0.4, 0.5) is 5.82 Å². The fraction of sp³-hybridized carbons (Fsp3) is 0.273. The summed E-state index contributed by atoms with van der Waals surface area (Å²) in [4.78, 5) is 19.9. The molecule has 0 saturated heterocycles. The van der Waals surface area contributed by atoms with Crippen molar-refractivity contribution in [2.24, 2.45) is 0 Å². The Morgan fingerprint density at radius 1 is 1.39 bits per heavy atom. The van der Waals surface area contributed by atoms with Crippen LogP contribution in [0.2, 0.25) is 0 Å². The quantitative estimate of drug-likeness (QED) is 0.716. The van der Waals surface area contributed by atoms with Crippen LogP contribution in [0.5, 0.6) is 0 Å². The Balaban J connectivity index is 1.97. The van der Waals surface area contributed by atoms with E-state index in [2.05, 4.69) is 30.8 Å². The molecule has 2 aromatic heterocycles. The number of aromatic nitrogens is 4. The second-order valence-electron chi connectivity index (χ2n) is 3.61. The number of hydrogen-bond acceptors (Lipinski definition) is 5. The second kappa shape index (κ2) is 5.76. The van der Waals surface area contributed by atoms with Crippen LogP contribution in [-0.2, 0) is 6.54 Å². The number of hydrogen-bond donors (Lipinski definition) is 3. The average Bonchev–Trinajstić information content (AvgIpc) is 2.90. The topological polar surface area (TPSA) is 95.6 Å². The summed E-state index contributed by atoms with van der Waals surface area (Å²) >= 11 is 0. The number of H-pyrrole nitrogens is 1. The van der Waals surface area contributed by atoms with Crippen LogP contribution in [0.15, 0.2) is 24.8 Å². The summed E-state index contributed by atoms with van der Waals surface area (Å²) in [5, 5.41) is 12.2. The molecule has 0 spiro atoms. The van der Waals surface area contributed by atoms with E-state index in [1.54, 1.807) is 18.6 Å². The molecule has 94 valence electrons. The fourth-order valence-electron chi connectivity index (χ4n) is 1.39. The highest BCUT2D eigenvalue weighted by atomic mass is 16.1. The molecule has 18 heavy (non-hydrogen) atoms. The molecule has 0 fully saturated rings. The molecule has 0 aliphatic rings. The van der Waals surface area contributed by atoms with Gasteiger partial charge in [-0.2, -0.15) is 5.10 Å². The normalized spacial score (nSPS) is 10.1. The summed E-state index contributed by atoms with van der Waals surface area (Å²) in [5.41, 5.74) is 1.19. The van der Waals surface area contributed by atoms with Gasteiger partial charge in [0, 0.05) is 24.8 Å². The van der Waals surface area contributed by atoms with Gasteiger partial charge in [0.15, 0.2) is 0 Å². The summed E-state index contributed by atoms with van der Waals surface area (Å²) in [6.07, 6.45) is 6.39. The van der Waals surface area contributed by atoms with Crippen molar-refractivity contribution in [1.82, 2.24) is 25.5 Å². The lowest BCUT2D eigenvalue weighted by Crippen LogP contribution is -2.24. The third-order valence-corrected chi connectivity index (χ3v) is 2.23. The molecule has 2 heterocycles. The van der Waals surface area contributed by atoms with Gasteiger partial charge in [0.25, 0.3) is 5.91 Å². The Bertz CT molecular complexity index is 510. The molecule has 0 aliphatic heterocycles. The maximum atomic E-state index is 11.8. The summed E-state index contributed by atoms with van der Waals surface area (Å²) in [6, 6.07) is 0. The van der Waals surface area contributed by atoms with E-state index >= 15 is 0 Å². The van der Waals surface area contributed by atoms with Gasteiger partial charge in [0.2, 0.25) is 0 Å². The Morgan fingerprint density at radius 3 is 3.00 bits per heavy atom. The molecule has 2 aromatic rings. The molecule has 0 atom stereocenters.